The number of alkyl halides is 6. The molecule has 6 aromatic rings. The zero-order chi connectivity index (χ0) is 34.1. The molecule has 0 amide bonds. The van der Waals surface area contributed by atoms with Crippen molar-refractivity contribution in [3.8, 4) is 44.9 Å². The van der Waals surface area contributed by atoms with E-state index in [1.54, 1.807) is 36.4 Å². The zero-order valence-electron chi connectivity index (χ0n) is 25.7. The molecule has 0 aliphatic rings. The third-order valence-electron chi connectivity index (χ3n) is 7.90. The second-order valence-electron chi connectivity index (χ2n) is 11.0. The van der Waals surface area contributed by atoms with Crippen LogP contribution in [0.25, 0.3) is 54.9 Å². The molecule has 0 atom stereocenters. The van der Waals surface area contributed by atoms with Crippen LogP contribution in [0, 0.1) is 0 Å². The van der Waals surface area contributed by atoms with Crippen LogP contribution in [0.2, 0.25) is 0 Å². The molecule has 0 radical (unpaired) electrons. The maximum atomic E-state index is 13.9. The third kappa shape index (κ3) is 6.41. The van der Waals surface area contributed by atoms with Gasteiger partial charge in [-0.05, 0) is 69.1 Å². The molecule has 0 aliphatic heterocycles. The van der Waals surface area contributed by atoms with Crippen LogP contribution in [0.5, 0.6) is 11.5 Å². The summed E-state index contributed by atoms with van der Waals surface area (Å²) in [6, 6.07) is 27.9. The number of halogens is 6. The number of ether oxygens (including phenoxy) is 4. The van der Waals surface area contributed by atoms with E-state index < -0.39 is 23.5 Å². The summed E-state index contributed by atoms with van der Waals surface area (Å²) in [7, 11) is 2.84. The molecule has 0 N–H and O–H groups in total. The summed E-state index contributed by atoms with van der Waals surface area (Å²) in [5, 5.41) is 2.67. The fraction of sp³-hybridized carbons (Fsp3) is 0.158. The van der Waals surface area contributed by atoms with Crippen molar-refractivity contribution in [2.45, 2.75) is 12.4 Å². The fourth-order valence-electron chi connectivity index (χ4n) is 5.84. The van der Waals surface area contributed by atoms with Crippen molar-refractivity contribution in [2.75, 3.05) is 27.8 Å². The highest BCUT2D eigenvalue weighted by molar-refractivity contribution is 6.14. The molecule has 0 aliphatic carbocycles. The highest BCUT2D eigenvalue weighted by atomic mass is 19.4. The van der Waals surface area contributed by atoms with E-state index in [4.69, 9.17) is 18.9 Å². The molecular formula is C38H28F6O4. The second kappa shape index (κ2) is 13.2. The minimum absolute atomic E-state index is 0.198. The molecule has 0 fully saturated rings. The van der Waals surface area contributed by atoms with E-state index in [0.717, 1.165) is 24.3 Å². The highest BCUT2D eigenvalue weighted by Crippen LogP contribution is 2.53. The number of methoxy groups -OCH3 is 2. The molecule has 246 valence electrons. The molecule has 6 aromatic carbocycles. The largest absolute Gasteiger partial charge is 0.466 e. The van der Waals surface area contributed by atoms with E-state index >= 15 is 0 Å². The van der Waals surface area contributed by atoms with Crippen LogP contribution in [0.1, 0.15) is 11.1 Å². The SMILES string of the molecule is COCOc1c(-c2cccc(C(F)(F)F)c2)cc2ccccc2c1-c1c(OCOC)c(-c2cccc(C(F)(F)F)c2)cc2ccccc12. The summed E-state index contributed by atoms with van der Waals surface area (Å²) in [4.78, 5) is 0. The molecule has 48 heavy (non-hydrogen) atoms. The Kier molecular flexibility index (Phi) is 9.05. The van der Waals surface area contributed by atoms with E-state index in [2.05, 4.69) is 0 Å². The Hall–Kier alpha value is -5.06. The van der Waals surface area contributed by atoms with E-state index in [-0.39, 0.29) is 36.2 Å². The lowest BCUT2D eigenvalue weighted by Gasteiger charge is -2.24. The molecule has 4 nitrogen and oxygen atoms in total. The number of fused-ring (bicyclic) bond motifs is 2. The van der Waals surface area contributed by atoms with Gasteiger partial charge in [0.1, 0.15) is 11.5 Å². The third-order valence-corrected chi connectivity index (χ3v) is 7.90. The van der Waals surface area contributed by atoms with Gasteiger partial charge in [0.15, 0.2) is 13.6 Å². The van der Waals surface area contributed by atoms with Crippen molar-refractivity contribution in [3.05, 3.63) is 120 Å². The summed E-state index contributed by atoms with van der Waals surface area (Å²) >= 11 is 0. The molecule has 0 spiro atoms. The normalized spacial score (nSPS) is 12.1. The summed E-state index contributed by atoms with van der Waals surface area (Å²) in [5.74, 6) is 0.395. The minimum Gasteiger partial charge on any atom is -0.466 e. The number of rotatable bonds is 9. The average Bonchev–Trinajstić information content (AvgIpc) is 3.08. The van der Waals surface area contributed by atoms with Crippen LogP contribution in [0.15, 0.2) is 109 Å². The summed E-state index contributed by atoms with van der Waals surface area (Å²) < 4.78 is 106. The second-order valence-corrected chi connectivity index (χ2v) is 11.0. The van der Waals surface area contributed by atoms with E-state index in [1.165, 1.54) is 26.4 Å². The number of hydrogen-bond donors (Lipinski definition) is 0. The van der Waals surface area contributed by atoms with E-state index in [0.29, 0.717) is 43.8 Å². The first kappa shape index (κ1) is 32.9. The fourth-order valence-corrected chi connectivity index (χ4v) is 5.84. The van der Waals surface area contributed by atoms with Crippen molar-refractivity contribution >= 4 is 21.5 Å². The Morgan fingerprint density at radius 2 is 0.875 bits per heavy atom. The van der Waals surface area contributed by atoms with Crippen molar-refractivity contribution in [1.29, 1.82) is 0 Å². The van der Waals surface area contributed by atoms with Gasteiger partial charge >= 0.3 is 12.4 Å². The lowest BCUT2D eigenvalue weighted by atomic mass is 9.86. The van der Waals surface area contributed by atoms with Crippen molar-refractivity contribution < 1.29 is 45.3 Å². The maximum absolute atomic E-state index is 13.9. The molecule has 0 saturated heterocycles. The zero-order valence-corrected chi connectivity index (χ0v) is 25.7. The number of hydrogen-bond acceptors (Lipinski definition) is 4. The quantitative estimate of drug-likeness (QED) is 0.114. The monoisotopic (exact) mass is 662 g/mol. The van der Waals surface area contributed by atoms with Crippen molar-refractivity contribution in [3.63, 3.8) is 0 Å². The van der Waals surface area contributed by atoms with Gasteiger partial charge in [-0.2, -0.15) is 26.3 Å². The molecule has 0 aromatic heterocycles. The summed E-state index contributed by atoms with van der Waals surface area (Å²) in [6.07, 6.45) is -9.19. The number of benzene rings is 6. The molecule has 6 rings (SSSR count). The minimum atomic E-state index is -4.60. The van der Waals surface area contributed by atoms with E-state index in [1.807, 2.05) is 36.4 Å². The molecule has 0 unspecified atom stereocenters. The van der Waals surface area contributed by atoms with Crippen molar-refractivity contribution in [2.24, 2.45) is 0 Å². The highest BCUT2D eigenvalue weighted by Gasteiger charge is 2.33. The molecule has 0 saturated carbocycles. The van der Waals surface area contributed by atoms with Gasteiger partial charge < -0.3 is 18.9 Å². The predicted octanol–water partition coefficient (Wildman–Crippen LogP) is 11.0. The van der Waals surface area contributed by atoms with Gasteiger partial charge in [0.2, 0.25) is 0 Å². The van der Waals surface area contributed by atoms with Gasteiger partial charge in [0, 0.05) is 36.5 Å². The topological polar surface area (TPSA) is 36.9 Å². The van der Waals surface area contributed by atoms with Crippen LogP contribution in [-0.4, -0.2) is 27.8 Å². The first-order valence-corrected chi connectivity index (χ1v) is 14.7. The van der Waals surface area contributed by atoms with Gasteiger partial charge in [-0.15, -0.1) is 0 Å². The lowest BCUT2D eigenvalue weighted by Crippen LogP contribution is -2.07. The smallest absolute Gasteiger partial charge is 0.416 e. The van der Waals surface area contributed by atoms with Crippen LogP contribution in [0.4, 0.5) is 26.3 Å². The molecule has 0 bridgehead atoms. The lowest BCUT2D eigenvalue weighted by molar-refractivity contribution is -0.138. The average molecular weight is 663 g/mol. The van der Waals surface area contributed by atoms with Crippen LogP contribution in [0.3, 0.4) is 0 Å². The Morgan fingerprint density at radius 1 is 0.479 bits per heavy atom. The summed E-state index contributed by atoms with van der Waals surface area (Å²) in [5.41, 5.74) is 0.391. The van der Waals surface area contributed by atoms with Gasteiger partial charge in [0.25, 0.3) is 0 Å². The predicted molar refractivity (Wildman–Crippen MR) is 173 cm³/mol. The van der Waals surface area contributed by atoms with Gasteiger partial charge in [0.05, 0.1) is 11.1 Å². The van der Waals surface area contributed by atoms with E-state index in [9.17, 15) is 26.3 Å². The maximum Gasteiger partial charge on any atom is 0.416 e. The Morgan fingerprint density at radius 3 is 1.25 bits per heavy atom. The Labute approximate surface area is 272 Å². The Balaban J connectivity index is 1.79. The van der Waals surface area contributed by atoms with Crippen molar-refractivity contribution in [1.82, 2.24) is 0 Å². The van der Waals surface area contributed by atoms with Gasteiger partial charge in [-0.3, -0.25) is 0 Å². The first-order chi connectivity index (χ1) is 23.0. The molecule has 10 heteroatoms. The first-order valence-electron chi connectivity index (χ1n) is 14.7. The van der Waals surface area contributed by atoms with Crippen LogP contribution >= 0.6 is 0 Å². The summed E-state index contributed by atoms with van der Waals surface area (Å²) in [6.45, 7) is -0.506. The standard InChI is InChI=1S/C38H28F6O4/c1-45-21-47-35-31(23-11-7-13-27(17-23)37(39,40)41)19-25-9-3-5-15-29(25)33(35)34-30-16-6-4-10-26(30)20-32(36(34)48-22-46-2)24-12-8-14-28(18-24)38(42,43)44/h3-20H,21-22H2,1-2H3. The van der Waals surface area contributed by atoms with Gasteiger partial charge in [-0.1, -0.05) is 72.8 Å². The molecular weight excluding hydrogens is 634 g/mol. The molecule has 0 heterocycles. The Bertz CT molecular complexity index is 1950. The van der Waals surface area contributed by atoms with Crippen LogP contribution < -0.4 is 9.47 Å². The van der Waals surface area contributed by atoms with Gasteiger partial charge in [-0.25, -0.2) is 0 Å². The van der Waals surface area contributed by atoms with Crippen LogP contribution in [-0.2, 0) is 21.8 Å².